The summed E-state index contributed by atoms with van der Waals surface area (Å²) < 4.78 is 0. The summed E-state index contributed by atoms with van der Waals surface area (Å²) in [4.78, 5) is 2.44. The van der Waals surface area contributed by atoms with Crippen molar-refractivity contribution >= 4 is 11.6 Å². The van der Waals surface area contributed by atoms with Crippen LogP contribution in [0.25, 0.3) is 0 Å². The average molecular weight is 218 g/mol. The Morgan fingerprint density at radius 1 is 1.57 bits per heavy atom. The molecule has 0 aromatic heterocycles. The molecule has 0 aromatic rings. The first-order valence-electron chi connectivity index (χ1n) is 5.38. The first kappa shape index (κ1) is 12.0. The third-order valence-corrected chi connectivity index (χ3v) is 3.22. The van der Waals surface area contributed by atoms with E-state index >= 15 is 0 Å². The van der Waals surface area contributed by atoms with Crippen LogP contribution >= 0.6 is 11.6 Å². The number of rotatable bonds is 4. The molecule has 0 bridgehead atoms. The summed E-state index contributed by atoms with van der Waals surface area (Å²) in [7, 11) is 0. The Balaban J connectivity index is 2.45. The molecule has 1 heterocycles. The normalized spacial score (nSPS) is 25.4. The first-order valence-corrected chi connectivity index (χ1v) is 5.82. The second-order valence-corrected chi connectivity index (χ2v) is 4.31. The Labute approximate surface area is 91.6 Å². The van der Waals surface area contributed by atoms with Gasteiger partial charge in [0.15, 0.2) is 0 Å². The van der Waals surface area contributed by atoms with Gasteiger partial charge in [0.1, 0.15) is 0 Å². The Morgan fingerprint density at radius 2 is 2.36 bits per heavy atom. The predicted octanol–water partition coefficient (Wildman–Crippen LogP) is 2.37. The van der Waals surface area contributed by atoms with Crippen molar-refractivity contribution in [3.8, 4) is 0 Å². The van der Waals surface area contributed by atoms with Crippen LogP contribution in [-0.4, -0.2) is 35.7 Å². The van der Waals surface area contributed by atoms with Gasteiger partial charge in [-0.25, -0.2) is 0 Å². The Morgan fingerprint density at radius 3 is 3.00 bits per heavy atom. The van der Waals surface area contributed by atoms with Crippen LogP contribution in [-0.2, 0) is 0 Å². The molecule has 1 unspecified atom stereocenters. The van der Waals surface area contributed by atoms with Crippen LogP contribution in [0.4, 0.5) is 0 Å². The Kier molecular flexibility index (Phi) is 5.53. The van der Waals surface area contributed by atoms with Gasteiger partial charge in [0, 0.05) is 24.7 Å². The van der Waals surface area contributed by atoms with Crippen LogP contribution in [0.2, 0.25) is 0 Å². The number of hydrogen-bond donors (Lipinski definition) is 1. The molecule has 1 N–H and O–H groups in total. The molecule has 0 amide bonds. The largest absolute Gasteiger partial charge is 0.396 e. The standard InChI is InChI=1S/C11H20ClNO/c1-10(8-12)9-13-6-3-2-4-11(13)5-7-14/h8,11,14H,2-7,9H2,1H3. The SMILES string of the molecule is CC(=CCl)CN1CCCCC1CCO. The molecule has 0 aliphatic carbocycles. The highest BCUT2D eigenvalue weighted by atomic mass is 35.5. The first-order chi connectivity index (χ1) is 6.77. The zero-order valence-electron chi connectivity index (χ0n) is 8.88. The topological polar surface area (TPSA) is 23.5 Å². The van der Waals surface area contributed by atoms with Crippen molar-refractivity contribution in [2.45, 2.75) is 38.6 Å². The van der Waals surface area contributed by atoms with Gasteiger partial charge in [0.25, 0.3) is 0 Å². The van der Waals surface area contributed by atoms with Crippen molar-refractivity contribution in [3.05, 3.63) is 11.1 Å². The summed E-state index contributed by atoms with van der Waals surface area (Å²) in [6.07, 6.45) is 4.69. The Hall–Kier alpha value is -0.0500. The number of aliphatic hydroxyl groups is 1. The minimum atomic E-state index is 0.296. The van der Waals surface area contributed by atoms with Gasteiger partial charge in [-0.1, -0.05) is 18.0 Å². The van der Waals surface area contributed by atoms with Crippen LogP contribution in [0.1, 0.15) is 32.6 Å². The van der Waals surface area contributed by atoms with Gasteiger partial charge in [-0.05, 0) is 38.3 Å². The van der Waals surface area contributed by atoms with Crippen LogP contribution in [0, 0.1) is 0 Å². The molecule has 0 radical (unpaired) electrons. The van der Waals surface area contributed by atoms with Gasteiger partial charge in [0.2, 0.25) is 0 Å². The molecule has 0 saturated carbocycles. The van der Waals surface area contributed by atoms with Crippen molar-refractivity contribution in [1.29, 1.82) is 0 Å². The second-order valence-electron chi connectivity index (χ2n) is 4.09. The molecule has 1 atom stereocenters. The van der Waals surface area contributed by atoms with E-state index in [4.69, 9.17) is 16.7 Å². The molecule has 1 aliphatic rings. The Bertz CT molecular complexity index is 192. The smallest absolute Gasteiger partial charge is 0.0445 e. The van der Waals surface area contributed by atoms with Crippen molar-refractivity contribution < 1.29 is 5.11 Å². The van der Waals surface area contributed by atoms with Crippen molar-refractivity contribution in [2.24, 2.45) is 0 Å². The van der Waals surface area contributed by atoms with E-state index in [1.165, 1.54) is 24.8 Å². The summed E-state index contributed by atoms with van der Waals surface area (Å²) in [5.74, 6) is 0. The second kappa shape index (κ2) is 6.44. The molecule has 0 spiro atoms. The number of piperidine rings is 1. The maximum absolute atomic E-state index is 8.96. The third-order valence-electron chi connectivity index (χ3n) is 2.85. The number of aliphatic hydroxyl groups excluding tert-OH is 1. The van der Waals surface area contributed by atoms with Crippen LogP contribution < -0.4 is 0 Å². The van der Waals surface area contributed by atoms with E-state index in [0.29, 0.717) is 12.6 Å². The highest BCUT2D eigenvalue weighted by molar-refractivity contribution is 6.25. The van der Waals surface area contributed by atoms with Gasteiger partial charge in [-0.2, -0.15) is 0 Å². The number of halogens is 1. The van der Waals surface area contributed by atoms with E-state index in [1.54, 1.807) is 5.54 Å². The van der Waals surface area contributed by atoms with E-state index in [2.05, 4.69) is 11.8 Å². The summed E-state index contributed by atoms with van der Waals surface area (Å²) >= 11 is 5.66. The lowest BCUT2D eigenvalue weighted by Crippen LogP contribution is -2.40. The molecular weight excluding hydrogens is 198 g/mol. The van der Waals surface area contributed by atoms with Crippen LogP contribution in [0.15, 0.2) is 11.1 Å². The molecule has 1 fully saturated rings. The van der Waals surface area contributed by atoms with Gasteiger partial charge in [-0.15, -0.1) is 0 Å². The summed E-state index contributed by atoms with van der Waals surface area (Å²) in [6.45, 7) is 4.45. The van der Waals surface area contributed by atoms with Gasteiger partial charge in [0.05, 0.1) is 0 Å². The summed E-state index contributed by atoms with van der Waals surface area (Å²) in [5.41, 5.74) is 2.86. The fraction of sp³-hybridized carbons (Fsp3) is 0.818. The number of likely N-dealkylation sites (tertiary alicyclic amines) is 1. The molecule has 3 heteroatoms. The highest BCUT2D eigenvalue weighted by Crippen LogP contribution is 2.20. The predicted molar refractivity (Wildman–Crippen MR) is 60.5 cm³/mol. The van der Waals surface area contributed by atoms with Gasteiger partial charge >= 0.3 is 0 Å². The molecule has 1 saturated heterocycles. The molecule has 1 rings (SSSR count). The molecule has 82 valence electrons. The molecule has 1 aliphatic heterocycles. The fourth-order valence-electron chi connectivity index (χ4n) is 2.10. The van der Waals surface area contributed by atoms with E-state index in [9.17, 15) is 0 Å². The summed E-state index contributed by atoms with van der Waals surface area (Å²) in [6, 6.07) is 0.556. The van der Waals surface area contributed by atoms with Crippen molar-refractivity contribution in [3.63, 3.8) is 0 Å². The minimum Gasteiger partial charge on any atom is -0.396 e. The minimum absolute atomic E-state index is 0.296. The van der Waals surface area contributed by atoms with Crippen molar-refractivity contribution in [1.82, 2.24) is 4.90 Å². The number of nitrogens with zero attached hydrogens (tertiary/aromatic N) is 1. The van der Waals surface area contributed by atoms with E-state index in [0.717, 1.165) is 19.5 Å². The number of hydrogen-bond acceptors (Lipinski definition) is 2. The third kappa shape index (κ3) is 3.60. The van der Waals surface area contributed by atoms with E-state index < -0.39 is 0 Å². The van der Waals surface area contributed by atoms with Crippen LogP contribution in [0.5, 0.6) is 0 Å². The lowest BCUT2D eigenvalue weighted by atomic mass is 9.99. The van der Waals surface area contributed by atoms with Gasteiger partial charge in [-0.3, -0.25) is 4.90 Å². The highest BCUT2D eigenvalue weighted by Gasteiger charge is 2.21. The quantitative estimate of drug-likeness (QED) is 0.782. The van der Waals surface area contributed by atoms with E-state index in [1.807, 2.05) is 0 Å². The lowest BCUT2D eigenvalue weighted by Gasteiger charge is -2.35. The maximum Gasteiger partial charge on any atom is 0.0445 e. The van der Waals surface area contributed by atoms with Crippen LogP contribution in [0.3, 0.4) is 0 Å². The molecule has 2 nitrogen and oxygen atoms in total. The van der Waals surface area contributed by atoms with Gasteiger partial charge < -0.3 is 5.11 Å². The summed E-state index contributed by atoms with van der Waals surface area (Å²) in [5, 5.41) is 8.96. The monoisotopic (exact) mass is 217 g/mol. The molecular formula is C11H20ClNO. The fourth-order valence-corrected chi connectivity index (χ4v) is 2.17. The van der Waals surface area contributed by atoms with E-state index in [-0.39, 0.29) is 0 Å². The zero-order chi connectivity index (χ0) is 10.4. The zero-order valence-corrected chi connectivity index (χ0v) is 9.63. The lowest BCUT2D eigenvalue weighted by molar-refractivity contribution is 0.129. The van der Waals surface area contributed by atoms with Crippen molar-refractivity contribution in [2.75, 3.05) is 19.7 Å². The average Bonchev–Trinajstić information content (AvgIpc) is 2.21. The molecule has 0 aromatic carbocycles. The maximum atomic E-state index is 8.96. The molecule has 14 heavy (non-hydrogen) atoms.